The standard InChI is InChI=1S/C8H11BrN4O4/c1-8(2,5(14)17-3)4-12-6(9)10-7(11-12)13(15)16/h4H2,1-3H3. The molecule has 1 heterocycles. The van der Waals surface area contributed by atoms with Crippen molar-refractivity contribution in [1.29, 1.82) is 0 Å². The van der Waals surface area contributed by atoms with Gasteiger partial charge in [-0.05, 0) is 23.8 Å². The van der Waals surface area contributed by atoms with E-state index < -0.39 is 22.3 Å². The summed E-state index contributed by atoms with van der Waals surface area (Å²) in [6, 6.07) is 0. The molecule has 1 aromatic heterocycles. The number of nitrogens with zero attached hydrogens (tertiary/aromatic N) is 4. The van der Waals surface area contributed by atoms with Crippen LogP contribution in [0.3, 0.4) is 0 Å². The zero-order valence-electron chi connectivity index (χ0n) is 9.51. The zero-order chi connectivity index (χ0) is 13.2. The van der Waals surface area contributed by atoms with E-state index in [9.17, 15) is 14.9 Å². The van der Waals surface area contributed by atoms with E-state index in [2.05, 4.69) is 30.7 Å². The van der Waals surface area contributed by atoms with E-state index in [4.69, 9.17) is 0 Å². The molecule has 0 saturated heterocycles. The smallest absolute Gasteiger partial charge is 0.469 e. The van der Waals surface area contributed by atoms with E-state index in [1.54, 1.807) is 13.8 Å². The number of hydrogen-bond donors (Lipinski definition) is 0. The molecule has 0 radical (unpaired) electrons. The second-order valence-electron chi connectivity index (χ2n) is 3.97. The summed E-state index contributed by atoms with van der Waals surface area (Å²) in [7, 11) is 1.28. The SMILES string of the molecule is COC(=O)C(C)(C)Cn1nc([N+](=O)[O-])nc1Br. The molecule has 0 spiro atoms. The van der Waals surface area contributed by atoms with Crippen LogP contribution >= 0.6 is 15.9 Å². The first-order chi connectivity index (χ1) is 7.77. The van der Waals surface area contributed by atoms with Crippen molar-refractivity contribution < 1.29 is 14.5 Å². The van der Waals surface area contributed by atoms with Gasteiger partial charge >= 0.3 is 11.9 Å². The van der Waals surface area contributed by atoms with Crippen molar-refractivity contribution in [1.82, 2.24) is 14.8 Å². The highest BCUT2D eigenvalue weighted by Crippen LogP contribution is 2.22. The summed E-state index contributed by atoms with van der Waals surface area (Å²) in [4.78, 5) is 24.8. The van der Waals surface area contributed by atoms with Crippen molar-refractivity contribution in [3.63, 3.8) is 0 Å². The normalized spacial score (nSPS) is 11.3. The highest BCUT2D eigenvalue weighted by molar-refractivity contribution is 9.10. The summed E-state index contributed by atoms with van der Waals surface area (Å²) in [5.74, 6) is -0.944. The van der Waals surface area contributed by atoms with Gasteiger partial charge in [-0.1, -0.05) is 0 Å². The van der Waals surface area contributed by atoms with Gasteiger partial charge in [-0.25, -0.2) is 0 Å². The first-order valence-electron chi connectivity index (χ1n) is 4.61. The van der Waals surface area contributed by atoms with Crippen LogP contribution in [0, 0.1) is 15.5 Å². The lowest BCUT2D eigenvalue weighted by atomic mass is 9.94. The topological polar surface area (TPSA) is 100 Å². The summed E-state index contributed by atoms with van der Waals surface area (Å²) in [5.41, 5.74) is -0.848. The maximum absolute atomic E-state index is 11.5. The molecular formula is C8H11BrN4O4. The summed E-state index contributed by atoms with van der Waals surface area (Å²) >= 11 is 3.04. The maximum atomic E-state index is 11.5. The molecule has 0 aliphatic rings. The van der Waals surface area contributed by atoms with Crippen molar-refractivity contribution in [3.05, 3.63) is 14.8 Å². The van der Waals surface area contributed by atoms with Crippen molar-refractivity contribution >= 4 is 27.8 Å². The van der Waals surface area contributed by atoms with Crippen LogP contribution in [0.25, 0.3) is 0 Å². The van der Waals surface area contributed by atoms with Gasteiger partial charge in [-0.3, -0.25) is 4.79 Å². The fourth-order valence-corrected chi connectivity index (χ4v) is 1.57. The minimum atomic E-state index is -0.848. The number of hydrogen-bond acceptors (Lipinski definition) is 6. The van der Waals surface area contributed by atoms with Gasteiger partial charge in [0.2, 0.25) is 0 Å². The summed E-state index contributed by atoms with van der Waals surface area (Å²) in [6.45, 7) is 3.43. The van der Waals surface area contributed by atoms with Crippen LogP contribution in [0.2, 0.25) is 0 Å². The first kappa shape index (κ1) is 13.6. The summed E-state index contributed by atoms with van der Waals surface area (Å²) in [6.07, 6.45) is 0. The van der Waals surface area contributed by atoms with E-state index in [-0.39, 0.29) is 11.3 Å². The Morgan fingerprint density at radius 2 is 2.24 bits per heavy atom. The largest absolute Gasteiger partial charge is 0.492 e. The molecule has 0 atom stereocenters. The molecule has 1 aromatic rings. The molecule has 1 rings (SSSR count). The molecule has 8 nitrogen and oxygen atoms in total. The third-order valence-corrected chi connectivity index (χ3v) is 2.65. The molecule has 0 fully saturated rings. The Balaban J connectivity index is 2.95. The van der Waals surface area contributed by atoms with Crippen molar-refractivity contribution in [2.45, 2.75) is 20.4 Å². The predicted octanol–water partition coefficient (Wildman–Crippen LogP) is 1.15. The van der Waals surface area contributed by atoms with Crippen LogP contribution in [0.4, 0.5) is 5.95 Å². The average Bonchev–Trinajstić information content (AvgIpc) is 2.58. The van der Waals surface area contributed by atoms with Gasteiger partial charge in [0.25, 0.3) is 4.73 Å². The molecule has 17 heavy (non-hydrogen) atoms. The van der Waals surface area contributed by atoms with Crippen LogP contribution in [0.5, 0.6) is 0 Å². The Kier molecular flexibility index (Phi) is 3.81. The average molecular weight is 307 g/mol. The number of carbonyl (C=O) groups excluding carboxylic acids is 1. The molecule has 0 unspecified atom stereocenters. The fraction of sp³-hybridized carbons (Fsp3) is 0.625. The van der Waals surface area contributed by atoms with Gasteiger partial charge in [0.15, 0.2) is 0 Å². The second-order valence-corrected chi connectivity index (χ2v) is 4.68. The number of halogens is 1. The molecule has 0 aliphatic carbocycles. The molecule has 94 valence electrons. The van der Waals surface area contributed by atoms with E-state index in [0.717, 1.165) is 0 Å². The van der Waals surface area contributed by atoms with Crippen LogP contribution in [-0.4, -0.2) is 32.8 Å². The van der Waals surface area contributed by atoms with Gasteiger partial charge in [0, 0.05) is 21.0 Å². The number of esters is 1. The van der Waals surface area contributed by atoms with Gasteiger partial charge in [0.05, 0.1) is 19.1 Å². The Labute approximate surface area is 105 Å². The molecule has 0 bridgehead atoms. The van der Waals surface area contributed by atoms with Crippen LogP contribution in [0.1, 0.15) is 13.8 Å². The van der Waals surface area contributed by atoms with E-state index >= 15 is 0 Å². The van der Waals surface area contributed by atoms with Crippen LogP contribution < -0.4 is 0 Å². The molecule has 0 N–H and O–H groups in total. The Hall–Kier alpha value is -1.51. The summed E-state index contributed by atoms with van der Waals surface area (Å²) in [5, 5.41) is 14.1. The third-order valence-electron chi connectivity index (χ3n) is 2.06. The summed E-state index contributed by atoms with van der Waals surface area (Å²) < 4.78 is 6.07. The van der Waals surface area contributed by atoms with Crippen molar-refractivity contribution in [3.8, 4) is 0 Å². The number of ether oxygens (including phenoxy) is 1. The molecule has 0 aromatic carbocycles. The minimum Gasteiger partial charge on any atom is -0.469 e. The Bertz CT molecular complexity index is 456. The first-order valence-corrected chi connectivity index (χ1v) is 5.40. The number of nitro groups is 1. The predicted molar refractivity (Wildman–Crippen MR) is 60.2 cm³/mol. The van der Waals surface area contributed by atoms with E-state index in [1.165, 1.54) is 11.8 Å². The number of rotatable bonds is 4. The lowest BCUT2D eigenvalue weighted by molar-refractivity contribution is -0.394. The van der Waals surface area contributed by atoms with E-state index in [0.29, 0.717) is 0 Å². The molecule has 9 heteroatoms. The van der Waals surface area contributed by atoms with Gasteiger partial charge in [-0.15, -0.1) is 0 Å². The number of aromatic nitrogens is 3. The minimum absolute atomic E-state index is 0.126. The van der Waals surface area contributed by atoms with Crippen LogP contribution in [-0.2, 0) is 16.1 Å². The monoisotopic (exact) mass is 306 g/mol. The third kappa shape index (κ3) is 2.99. The van der Waals surface area contributed by atoms with Crippen LogP contribution in [0.15, 0.2) is 4.73 Å². The van der Waals surface area contributed by atoms with Gasteiger partial charge < -0.3 is 14.9 Å². The van der Waals surface area contributed by atoms with Crippen molar-refractivity contribution in [2.75, 3.05) is 7.11 Å². The number of carbonyl (C=O) groups is 1. The molecule has 0 saturated carbocycles. The molecular weight excluding hydrogens is 296 g/mol. The number of methoxy groups -OCH3 is 1. The maximum Gasteiger partial charge on any atom is 0.492 e. The quantitative estimate of drug-likeness (QED) is 0.470. The lowest BCUT2D eigenvalue weighted by Crippen LogP contribution is -2.31. The van der Waals surface area contributed by atoms with E-state index in [1.807, 2.05) is 0 Å². The second kappa shape index (κ2) is 4.78. The van der Waals surface area contributed by atoms with Crippen molar-refractivity contribution in [2.24, 2.45) is 5.41 Å². The molecule has 0 aliphatic heterocycles. The Morgan fingerprint density at radius 1 is 1.65 bits per heavy atom. The van der Waals surface area contributed by atoms with Gasteiger partial charge in [-0.2, -0.15) is 4.68 Å². The highest BCUT2D eigenvalue weighted by Gasteiger charge is 2.33. The Morgan fingerprint density at radius 3 is 2.65 bits per heavy atom. The molecule has 0 amide bonds. The van der Waals surface area contributed by atoms with Gasteiger partial charge in [0.1, 0.15) is 0 Å². The highest BCUT2D eigenvalue weighted by atomic mass is 79.9. The zero-order valence-corrected chi connectivity index (χ0v) is 11.1. The lowest BCUT2D eigenvalue weighted by Gasteiger charge is -2.19. The fourth-order valence-electron chi connectivity index (χ4n) is 1.21.